The second kappa shape index (κ2) is 9.06. The largest absolute Gasteiger partial charge is 0.356 e. The number of carbonyl (C=O) groups excluding carboxylic acids is 1. The van der Waals surface area contributed by atoms with E-state index >= 15 is 0 Å². The normalized spacial score (nSPS) is 11.7. The molecule has 1 amide bonds. The lowest BCUT2D eigenvalue weighted by Gasteiger charge is -2.09. The first-order chi connectivity index (χ1) is 12.3. The molecule has 0 radical (unpaired) electrons. The summed E-state index contributed by atoms with van der Waals surface area (Å²) < 4.78 is 52.5. The number of aromatic nitrogens is 2. The Morgan fingerprint density at radius 2 is 2.00 bits per heavy atom. The smallest absolute Gasteiger partial charge is 0.319 e. The van der Waals surface area contributed by atoms with E-state index in [9.17, 15) is 22.0 Å². The van der Waals surface area contributed by atoms with Gasteiger partial charge < -0.3 is 5.32 Å². The molecule has 2 aromatic rings. The average Bonchev–Trinajstić information content (AvgIpc) is 3.03. The van der Waals surface area contributed by atoms with Crippen LogP contribution in [0.3, 0.4) is 0 Å². The SMILES string of the molecule is O=C(CCNS(=O)(=O)c1ccccc1Cl)NCCc1nccn1C(F)F. The van der Waals surface area contributed by atoms with E-state index in [0.29, 0.717) is 4.57 Å². The number of halogens is 3. The van der Waals surface area contributed by atoms with Gasteiger partial charge in [0.15, 0.2) is 0 Å². The third-order valence-corrected chi connectivity index (χ3v) is 5.36. The Hall–Kier alpha value is -2.04. The van der Waals surface area contributed by atoms with Gasteiger partial charge in [-0.2, -0.15) is 8.78 Å². The number of alkyl halides is 2. The van der Waals surface area contributed by atoms with Crippen LogP contribution in [0.5, 0.6) is 0 Å². The lowest BCUT2D eigenvalue weighted by Crippen LogP contribution is -2.32. The minimum absolute atomic E-state index is 0.0686. The zero-order chi connectivity index (χ0) is 19.2. The molecule has 0 spiro atoms. The first kappa shape index (κ1) is 20.3. The Morgan fingerprint density at radius 1 is 1.27 bits per heavy atom. The quantitative estimate of drug-likeness (QED) is 0.665. The maximum absolute atomic E-state index is 12.7. The molecule has 0 aliphatic carbocycles. The molecule has 1 aromatic heterocycles. The first-order valence-corrected chi connectivity index (χ1v) is 9.48. The Kier molecular flexibility index (Phi) is 7.06. The predicted molar refractivity (Wildman–Crippen MR) is 91.5 cm³/mol. The van der Waals surface area contributed by atoms with Crippen LogP contribution in [0, 0.1) is 0 Å². The summed E-state index contributed by atoms with van der Waals surface area (Å²) in [4.78, 5) is 15.5. The van der Waals surface area contributed by atoms with Crippen LogP contribution < -0.4 is 10.0 Å². The van der Waals surface area contributed by atoms with Gasteiger partial charge in [0.1, 0.15) is 10.7 Å². The van der Waals surface area contributed by atoms with Crippen molar-refractivity contribution < 1.29 is 22.0 Å². The second-order valence-electron chi connectivity index (χ2n) is 5.21. The van der Waals surface area contributed by atoms with Crippen molar-refractivity contribution in [1.82, 2.24) is 19.6 Å². The summed E-state index contributed by atoms with van der Waals surface area (Å²) in [5.74, 6) is -0.262. The van der Waals surface area contributed by atoms with Gasteiger partial charge in [0.2, 0.25) is 15.9 Å². The molecule has 0 atom stereocenters. The molecule has 2 N–H and O–H groups in total. The van der Waals surface area contributed by atoms with Crippen LogP contribution in [0.1, 0.15) is 18.8 Å². The molecule has 1 aromatic carbocycles. The van der Waals surface area contributed by atoms with E-state index in [1.165, 1.54) is 24.4 Å². The molecule has 142 valence electrons. The number of imidazole rings is 1. The van der Waals surface area contributed by atoms with Crippen LogP contribution in [-0.4, -0.2) is 37.0 Å². The molecule has 11 heteroatoms. The van der Waals surface area contributed by atoms with Crippen molar-refractivity contribution in [2.75, 3.05) is 13.1 Å². The summed E-state index contributed by atoms with van der Waals surface area (Å²) in [6.07, 6.45) is 2.44. The highest BCUT2D eigenvalue weighted by Crippen LogP contribution is 2.19. The maximum Gasteiger partial charge on any atom is 0.319 e. The number of carbonyl (C=O) groups is 1. The van der Waals surface area contributed by atoms with E-state index in [2.05, 4.69) is 15.0 Å². The fourth-order valence-corrected chi connectivity index (χ4v) is 3.71. The van der Waals surface area contributed by atoms with Crippen molar-refractivity contribution in [3.8, 4) is 0 Å². The van der Waals surface area contributed by atoms with Crippen LogP contribution in [0.15, 0.2) is 41.6 Å². The van der Waals surface area contributed by atoms with Crippen molar-refractivity contribution in [2.45, 2.75) is 24.3 Å². The van der Waals surface area contributed by atoms with E-state index in [1.807, 2.05) is 0 Å². The predicted octanol–water partition coefficient (Wildman–Crippen LogP) is 1.96. The van der Waals surface area contributed by atoms with Gasteiger partial charge in [0, 0.05) is 38.3 Å². The molecule has 1 heterocycles. The third-order valence-electron chi connectivity index (χ3n) is 3.40. The second-order valence-corrected chi connectivity index (χ2v) is 7.35. The highest BCUT2D eigenvalue weighted by molar-refractivity contribution is 7.89. The van der Waals surface area contributed by atoms with Crippen molar-refractivity contribution in [2.24, 2.45) is 0 Å². The van der Waals surface area contributed by atoms with Gasteiger partial charge in [0.05, 0.1) is 5.02 Å². The fourth-order valence-electron chi connectivity index (χ4n) is 2.16. The number of nitrogens with one attached hydrogen (secondary N) is 2. The summed E-state index contributed by atoms with van der Waals surface area (Å²) in [7, 11) is -3.82. The number of benzene rings is 1. The topological polar surface area (TPSA) is 93.1 Å². The van der Waals surface area contributed by atoms with E-state index in [0.717, 1.165) is 6.20 Å². The van der Waals surface area contributed by atoms with E-state index in [-0.39, 0.29) is 41.7 Å². The van der Waals surface area contributed by atoms with Crippen LogP contribution in [0.2, 0.25) is 5.02 Å². The standard InChI is InChI=1S/C15H17ClF2N4O3S/c16-11-3-1-2-4-12(11)26(24,25)21-8-6-14(23)20-7-5-13-19-9-10-22(13)15(17)18/h1-4,9-10,15,21H,5-8H2,(H,20,23). The van der Waals surface area contributed by atoms with Crippen molar-refractivity contribution >= 4 is 27.5 Å². The summed E-state index contributed by atoms with van der Waals surface area (Å²) in [5, 5.41) is 2.61. The molecule has 2 rings (SSSR count). The Labute approximate surface area is 154 Å². The molecule has 0 saturated heterocycles. The monoisotopic (exact) mass is 406 g/mol. The lowest BCUT2D eigenvalue weighted by molar-refractivity contribution is -0.120. The van der Waals surface area contributed by atoms with Gasteiger partial charge >= 0.3 is 6.55 Å². The Bertz CT molecular complexity index is 858. The van der Waals surface area contributed by atoms with Crippen molar-refractivity contribution in [3.05, 3.63) is 47.5 Å². The minimum atomic E-state index is -3.82. The molecule has 0 unspecified atom stereocenters. The molecule has 7 nitrogen and oxygen atoms in total. The van der Waals surface area contributed by atoms with Gasteiger partial charge in [-0.05, 0) is 12.1 Å². The number of sulfonamides is 1. The number of amides is 1. The van der Waals surface area contributed by atoms with E-state index < -0.39 is 22.5 Å². The Morgan fingerprint density at radius 3 is 2.69 bits per heavy atom. The molecular weight excluding hydrogens is 390 g/mol. The molecule has 0 saturated carbocycles. The van der Waals surface area contributed by atoms with Gasteiger partial charge in [-0.15, -0.1) is 0 Å². The summed E-state index contributed by atoms with van der Waals surface area (Å²) in [6.45, 7) is -2.70. The number of hydrogen-bond acceptors (Lipinski definition) is 4. The highest BCUT2D eigenvalue weighted by Gasteiger charge is 2.17. The number of rotatable bonds is 9. The lowest BCUT2D eigenvalue weighted by atomic mass is 10.3. The van der Waals surface area contributed by atoms with Gasteiger partial charge in [-0.1, -0.05) is 23.7 Å². The van der Waals surface area contributed by atoms with Crippen LogP contribution in [0.25, 0.3) is 0 Å². The van der Waals surface area contributed by atoms with Crippen molar-refractivity contribution in [3.63, 3.8) is 0 Å². The highest BCUT2D eigenvalue weighted by atomic mass is 35.5. The van der Waals surface area contributed by atoms with Crippen LogP contribution in [0.4, 0.5) is 8.78 Å². The molecular formula is C15H17ClF2N4O3S. The van der Waals surface area contributed by atoms with Gasteiger partial charge in [-0.25, -0.2) is 18.1 Å². The van der Waals surface area contributed by atoms with Crippen LogP contribution in [-0.2, 0) is 21.2 Å². The summed E-state index contributed by atoms with van der Waals surface area (Å²) in [6, 6.07) is 5.95. The number of nitrogens with zero attached hydrogens (tertiary/aromatic N) is 2. The minimum Gasteiger partial charge on any atom is -0.356 e. The van der Waals surface area contributed by atoms with E-state index in [4.69, 9.17) is 11.6 Å². The molecule has 0 fully saturated rings. The molecule has 0 aliphatic heterocycles. The Balaban J connectivity index is 1.75. The zero-order valence-corrected chi connectivity index (χ0v) is 15.1. The van der Waals surface area contributed by atoms with Crippen LogP contribution >= 0.6 is 11.6 Å². The van der Waals surface area contributed by atoms with Gasteiger partial charge in [-0.3, -0.25) is 9.36 Å². The molecule has 0 aliphatic rings. The summed E-state index contributed by atoms with van der Waals surface area (Å²) >= 11 is 5.84. The van der Waals surface area contributed by atoms with E-state index in [1.54, 1.807) is 6.07 Å². The number of hydrogen-bond donors (Lipinski definition) is 2. The van der Waals surface area contributed by atoms with Gasteiger partial charge in [0.25, 0.3) is 0 Å². The molecule has 0 bridgehead atoms. The first-order valence-electron chi connectivity index (χ1n) is 7.62. The summed E-state index contributed by atoms with van der Waals surface area (Å²) in [5.41, 5.74) is 0. The third kappa shape index (κ3) is 5.48. The zero-order valence-electron chi connectivity index (χ0n) is 13.5. The fraction of sp³-hybridized carbons (Fsp3) is 0.333. The molecule has 26 heavy (non-hydrogen) atoms. The average molecular weight is 407 g/mol. The maximum atomic E-state index is 12.7. The van der Waals surface area contributed by atoms with Crippen molar-refractivity contribution in [1.29, 1.82) is 0 Å².